The highest BCUT2D eigenvalue weighted by Gasteiger charge is 2.09. The lowest BCUT2D eigenvalue weighted by molar-refractivity contribution is 0.612. The van der Waals surface area contributed by atoms with E-state index in [2.05, 4.69) is 0 Å². The monoisotopic (exact) mass is 180 g/mol. The van der Waals surface area contributed by atoms with Gasteiger partial charge in [-0.1, -0.05) is 11.6 Å². The van der Waals surface area contributed by atoms with Gasteiger partial charge in [0.05, 0.1) is 16.7 Å². The SMILES string of the molecule is [B]c1coc2c(Cl)ccc(F)c12. The Labute approximate surface area is 74.5 Å². The van der Waals surface area contributed by atoms with Crippen LogP contribution >= 0.6 is 11.6 Å². The summed E-state index contributed by atoms with van der Waals surface area (Å²) in [5.74, 6) is -0.416. The van der Waals surface area contributed by atoms with Gasteiger partial charge in [0, 0.05) is 0 Å². The van der Waals surface area contributed by atoms with Crippen LogP contribution in [0.1, 0.15) is 0 Å². The lowest BCUT2D eigenvalue weighted by atomic mass is 9.96. The second kappa shape index (κ2) is 2.52. The van der Waals surface area contributed by atoms with Crippen LogP contribution in [-0.2, 0) is 0 Å². The zero-order valence-corrected chi connectivity index (χ0v) is 6.73. The molecule has 1 aromatic heterocycles. The summed E-state index contributed by atoms with van der Waals surface area (Å²) in [5.41, 5.74) is 0.569. The number of benzene rings is 1. The third-order valence-electron chi connectivity index (χ3n) is 1.65. The summed E-state index contributed by atoms with van der Waals surface area (Å²) in [4.78, 5) is 0. The average molecular weight is 180 g/mol. The second-order valence-electron chi connectivity index (χ2n) is 2.42. The van der Waals surface area contributed by atoms with Crippen molar-refractivity contribution >= 4 is 35.9 Å². The average Bonchev–Trinajstić information content (AvgIpc) is 2.42. The van der Waals surface area contributed by atoms with Gasteiger partial charge in [-0.05, 0) is 17.6 Å². The predicted molar refractivity (Wildman–Crippen MR) is 46.6 cm³/mol. The highest BCUT2D eigenvalue weighted by molar-refractivity contribution is 6.41. The van der Waals surface area contributed by atoms with E-state index in [0.29, 0.717) is 10.6 Å². The third-order valence-corrected chi connectivity index (χ3v) is 1.95. The number of hydrogen-bond acceptors (Lipinski definition) is 1. The Morgan fingerprint density at radius 3 is 2.83 bits per heavy atom. The van der Waals surface area contributed by atoms with Gasteiger partial charge in [0.25, 0.3) is 0 Å². The molecular weight excluding hydrogens is 177 g/mol. The fraction of sp³-hybridized carbons (Fsp3) is 0. The minimum absolute atomic E-state index is 0.252. The maximum atomic E-state index is 13.1. The summed E-state index contributed by atoms with van der Waals surface area (Å²) in [5, 5.41) is 0.616. The van der Waals surface area contributed by atoms with Gasteiger partial charge in [-0.2, -0.15) is 0 Å². The Morgan fingerprint density at radius 2 is 2.17 bits per heavy atom. The van der Waals surface area contributed by atoms with Crippen LogP contribution in [0.3, 0.4) is 0 Å². The molecule has 2 aromatic rings. The number of rotatable bonds is 0. The first-order valence-electron chi connectivity index (χ1n) is 3.31. The molecule has 0 aliphatic carbocycles. The van der Waals surface area contributed by atoms with E-state index in [1.165, 1.54) is 18.4 Å². The molecule has 0 unspecified atom stereocenters. The number of hydrogen-bond donors (Lipinski definition) is 0. The molecule has 4 heteroatoms. The molecule has 2 rings (SSSR count). The summed E-state index contributed by atoms with van der Waals surface area (Å²) < 4.78 is 18.0. The predicted octanol–water partition coefficient (Wildman–Crippen LogP) is 2.02. The summed E-state index contributed by atoms with van der Waals surface area (Å²) in [6.07, 6.45) is 1.28. The number of fused-ring (bicyclic) bond motifs is 1. The maximum absolute atomic E-state index is 13.1. The summed E-state index contributed by atoms with van der Waals surface area (Å²) in [7, 11) is 5.45. The minimum Gasteiger partial charge on any atom is -0.463 e. The highest BCUT2D eigenvalue weighted by atomic mass is 35.5. The van der Waals surface area contributed by atoms with Crippen molar-refractivity contribution in [3.63, 3.8) is 0 Å². The van der Waals surface area contributed by atoms with Crippen LogP contribution in [0.25, 0.3) is 11.0 Å². The number of furan rings is 1. The fourth-order valence-corrected chi connectivity index (χ4v) is 1.30. The Morgan fingerprint density at radius 1 is 1.42 bits per heavy atom. The Kier molecular flexibility index (Phi) is 1.62. The Hall–Kier alpha value is -0.955. The largest absolute Gasteiger partial charge is 0.463 e. The van der Waals surface area contributed by atoms with Gasteiger partial charge in [-0.15, -0.1) is 0 Å². The van der Waals surface area contributed by atoms with Crippen molar-refractivity contribution in [3.05, 3.63) is 29.2 Å². The van der Waals surface area contributed by atoms with E-state index in [9.17, 15) is 4.39 Å². The molecule has 0 spiro atoms. The standard InChI is InChI=1S/C8H3BClFO/c9-4-3-12-8-5(10)1-2-6(11)7(4)8/h1-3H. The van der Waals surface area contributed by atoms with Gasteiger partial charge in [0.2, 0.25) is 0 Å². The van der Waals surface area contributed by atoms with Crippen molar-refractivity contribution in [1.29, 1.82) is 0 Å². The first kappa shape index (κ1) is 7.68. The zero-order chi connectivity index (χ0) is 8.72. The first-order chi connectivity index (χ1) is 5.70. The van der Waals surface area contributed by atoms with Crippen LogP contribution in [0.5, 0.6) is 0 Å². The molecule has 0 fully saturated rings. The molecule has 0 N–H and O–H groups in total. The van der Waals surface area contributed by atoms with Crippen molar-refractivity contribution in [1.82, 2.24) is 0 Å². The molecule has 0 atom stereocenters. The molecule has 1 aromatic carbocycles. The van der Waals surface area contributed by atoms with Crippen molar-refractivity contribution in [2.75, 3.05) is 0 Å². The van der Waals surface area contributed by atoms with Crippen molar-refractivity contribution in [2.24, 2.45) is 0 Å². The van der Waals surface area contributed by atoms with E-state index in [-0.39, 0.29) is 10.8 Å². The van der Waals surface area contributed by atoms with Gasteiger partial charge in [-0.3, -0.25) is 0 Å². The van der Waals surface area contributed by atoms with Crippen LogP contribution in [0.2, 0.25) is 5.02 Å². The normalized spacial score (nSPS) is 10.8. The smallest absolute Gasteiger partial charge is 0.154 e. The fourth-order valence-electron chi connectivity index (χ4n) is 1.10. The van der Waals surface area contributed by atoms with Crippen molar-refractivity contribution < 1.29 is 8.81 Å². The minimum atomic E-state index is -0.416. The second-order valence-corrected chi connectivity index (χ2v) is 2.83. The topological polar surface area (TPSA) is 13.1 Å². The molecular formula is C8H3BClFO. The van der Waals surface area contributed by atoms with Gasteiger partial charge in [0.1, 0.15) is 13.7 Å². The van der Waals surface area contributed by atoms with Gasteiger partial charge >= 0.3 is 0 Å². The van der Waals surface area contributed by atoms with E-state index in [4.69, 9.17) is 23.9 Å². The van der Waals surface area contributed by atoms with Crippen LogP contribution < -0.4 is 5.46 Å². The molecule has 0 aliphatic rings. The quantitative estimate of drug-likeness (QED) is 0.565. The Bertz CT molecular complexity index is 438. The van der Waals surface area contributed by atoms with Gasteiger partial charge < -0.3 is 4.42 Å². The lowest BCUT2D eigenvalue weighted by Crippen LogP contribution is -1.99. The van der Waals surface area contributed by atoms with Crippen molar-refractivity contribution in [2.45, 2.75) is 0 Å². The molecule has 58 valence electrons. The molecule has 0 bridgehead atoms. The van der Waals surface area contributed by atoms with E-state index < -0.39 is 5.82 Å². The van der Waals surface area contributed by atoms with Crippen LogP contribution in [-0.4, -0.2) is 7.85 Å². The van der Waals surface area contributed by atoms with Crippen LogP contribution in [0.4, 0.5) is 4.39 Å². The van der Waals surface area contributed by atoms with Crippen LogP contribution in [0.15, 0.2) is 22.8 Å². The highest BCUT2D eigenvalue weighted by Crippen LogP contribution is 2.24. The maximum Gasteiger partial charge on any atom is 0.154 e. The van der Waals surface area contributed by atoms with E-state index in [1.54, 1.807) is 0 Å². The summed E-state index contributed by atoms with van der Waals surface area (Å²) in [6.45, 7) is 0. The summed E-state index contributed by atoms with van der Waals surface area (Å²) in [6, 6.07) is 2.69. The lowest BCUT2D eigenvalue weighted by Gasteiger charge is -1.94. The summed E-state index contributed by atoms with van der Waals surface area (Å²) >= 11 is 5.73. The van der Waals surface area contributed by atoms with E-state index >= 15 is 0 Å². The molecule has 1 heterocycles. The van der Waals surface area contributed by atoms with Gasteiger partial charge in [0.15, 0.2) is 5.58 Å². The zero-order valence-electron chi connectivity index (χ0n) is 5.97. The third kappa shape index (κ3) is 0.933. The van der Waals surface area contributed by atoms with Gasteiger partial charge in [-0.25, -0.2) is 4.39 Å². The molecule has 12 heavy (non-hydrogen) atoms. The van der Waals surface area contributed by atoms with Crippen molar-refractivity contribution in [3.8, 4) is 0 Å². The van der Waals surface area contributed by atoms with E-state index in [1.807, 2.05) is 0 Å². The first-order valence-corrected chi connectivity index (χ1v) is 3.68. The molecule has 1 nitrogen and oxygen atoms in total. The van der Waals surface area contributed by atoms with Crippen LogP contribution in [0, 0.1) is 5.82 Å². The molecule has 2 radical (unpaired) electrons. The molecule has 0 aliphatic heterocycles. The molecule has 0 amide bonds. The number of halogens is 2. The molecule has 0 saturated heterocycles. The molecule has 0 saturated carbocycles. The van der Waals surface area contributed by atoms with E-state index in [0.717, 1.165) is 0 Å². The Balaban J connectivity index is 2.98.